The Bertz CT molecular complexity index is 536. The number of rotatable bonds is 1. The van der Waals surface area contributed by atoms with E-state index in [0.717, 1.165) is 11.1 Å². The summed E-state index contributed by atoms with van der Waals surface area (Å²) in [5, 5.41) is 17.9. The van der Waals surface area contributed by atoms with Crippen molar-refractivity contribution < 1.29 is 10.0 Å². The first-order chi connectivity index (χ1) is 8.25. The van der Waals surface area contributed by atoms with Gasteiger partial charge in [-0.3, -0.25) is 0 Å². The molecule has 3 heteroatoms. The largest absolute Gasteiger partial charge is 0.488 e. The third-order valence-corrected chi connectivity index (χ3v) is 2.33. The van der Waals surface area contributed by atoms with Gasteiger partial charge in [0.15, 0.2) is 0 Å². The fourth-order valence-corrected chi connectivity index (χ4v) is 1.40. The molecule has 0 amide bonds. The summed E-state index contributed by atoms with van der Waals surface area (Å²) in [5.41, 5.74) is 2.27. The molecule has 0 aliphatic carbocycles. The van der Waals surface area contributed by atoms with Crippen LogP contribution >= 0.6 is 0 Å². The van der Waals surface area contributed by atoms with Gasteiger partial charge >= 0.3 is 7.12 Å². The van der Waals surface area contributed by atoms with Crippen LogP contribution in [-0.4, -0.2) is 17.2 Å². The Morgan fingerprint density at radius 1 is 0.706 bits per heavy atom. The molecule has 0 spiro atoms. The van der Waals surface area contributed by atoms with E-state index in [2.05, 4.69) is 11.8 Å². The normalized spacial score (nSPS) is 9.29. The average molecular weight is 222 g/mol. The van der Waals surface area contributed by atoms with E-state index in [4.69, 9.17) is 10.0 Å². The zero-order valence-corrected chi connectivity index (χ0v) is 9.17. The minimum atomic E-state index is -1.42. The monoisotopic (exact) mass is 222 g/mol. The first-order valence-electron chi connectivity index (χ1n) is 5.29. The van der Waals surface area contributed by atoms with Crippen LogP contribution in [0.3, 0.4) is 0 Å². The van der Waals surface area contributed by atoms with Crippen molar-refractivity contribution in [2.75, 3.05) is 0 Å². The molecule has 0 atom stereocenters. The molecule has 0 radical (unpaired) electrons. The van der Waals surface area contributed by atoms with Gasteiger partial charge in [0.05, 0.1) is 0 Å². The van der Waals surface area contributed by atoms with E-state index in [0.29, 0.717) is 5.46 Å². The first-order valence-corrected chi connectivity index (χ1v) is 5.29. The molecule has 0 saturated heterocycles. The van der Waals surface area contributed by atoms with E-state index in [-0.39, 0.29) is 0 Å². The van der Waals surface area contributed by atoms with E-state index in [1.807, 2.05) is 30.3 Å². The minimum Gasteiger partial charge on any atom is -0.423 e. The summed E-state index contributed by atoms with van der Waals surface area (Å²) in [6, 6.07) is 16.6. The van der Waals surface area contributed by atoms with Crippen LogP contribution in [0.25, 0.3) is 0 Å². The smallest absolute Gasteiger partial charge is 0.423 e. The van der Waals surface area contributed by atoms with Gasteiger partial charge in [-0.1, -0.05) is 42.2 Å². The molecule has 0 saturated carbocycles. The van der Waals surface area contributed by atoms with Crippen LogP contribution in [0.15, 0.2) is 54.6 Å². The fourth-order valence-electron chi connectivity index (χ4n) is 1.40. The molecule has 2 aromatic rings. The Morgan fingerprint density at radius 2 is 1.24 bits per heavy atom. The lowest BCUT2D eigenvalue weighted by Crippen LogP contribution is -2.29. The van der Waals surface area contributed by atoms with Gasteiger partial charge in [-0.05, 0) is 29.7 Å². The molecule has 0 heterocycles. The van der Waals surface area contributed by atoms with Gasteiger partial charge in [0, 0.05) is 11.1 Å². The summed E-state index contributed by atoms with van der Waals surface area (Å²) in [5.74, 6) is 6.05. The minimum absolute atomic E-state index is 0.468. The quantitative estimate of drug-likeness (QED) is 0.552. The fraction of sp³-hybridized carbons (Fsp3) is 0. The van der Waals surface area contributed by atoms with E-state index in [1.54, 1.807) is 24.3 Å². The van der Waals surface area contributed by atoms with E-state index >= 15 is 0 Å². The van der Waals surface area contributed by atoms with Gasteiger partial charge < -0.3 is 10.0 Å². The van der Waals surface area contributed by atoms with Crippen molar-refractivity contribution in [3.8, 4) is 11.8 Å². The molecule has 0 aliphatic heterocycles. The van der Waals surface area contributed by atoms with Crippen molar-refractivity contribution in [2.24, 2.45) is 0 Å². The predicted octanol–water partition coefficient (Wildman–Crippen LogP) is 0.766. The molecule has 0 unspecified atom stereocenters. The summed E-state index contributed by atoms with van der Waals surface area (Å²) in [7, 11) is -1.42. The van der Waals surface area contributed by atoms with Crippen molar-refractivity contribution in [1.82, 2.24) is 0 Å². The molecule has 2 nitrogen and oxygen atoms in total. The standard InChI is InChI=1S/C14H11BO2/c16-15(17)14-10-8-13(9-11-14)7-6-12-4-2-1-3-5-12/h1-5,8-11,16-17H. The number of benzene rings is 2. The van der Waals surface area contributed by atoms with Crippen LogP contribution in [0.2, 0.25) is 0 Å². The molecule has 0 aromatic heterocycles. The molecule has 2 aromatic carbocycles. The predicted molar refractivity (Wildman–Crippen MR) is 68.7 cm³/mol. The van der Waals surface area contributed by atoms with Crippen molar-refractivity contribution >= 4 is 12.6 Å². The Hall–Kier alpha value is -2.02. The van der Waals surface area contributed by atoms with Gasteiger partial charge in [0.2, 0.25) is 0 Å². The van der Waals surface area contributed by atoms with Crippen LogP contribution in [-0.2, 0) is 0 Å². The zero-order chi connectivity index (χ0) is 12.1. The Morgan fingerprint density at radius 3 is 1.76 bits per heavy atom. The Kier molecular flexibility index (Phi) is 3.61. The highest BCUT2D eigenvalue weighted by Gasteiger charge is 2.08. The molecule has 0 bridgehead atoms. The maximum atomic E-state index is 8.94. The summed E-state index contributed by atoms with van der Waals surface area (Å²) >= 11 is 0. The highest BCUT2D eigenvalue weighted by atomic mass is 16.4. The highest BCUT2D eigenvalue weighted by Crippen LogP contribution is 1.98. The zero-order valence-electron chi connectivity index (χ0n) is 9.17. The molecule has 17 heavy (non-hydrogen) atoms. The van der Waals surface area contributed by atoms with Gasteiger partial charge in [0.1, 0.15) is 0 Å². The van der Waals surface area contributed by atoms with Crippen molar-refractivity contribution in [1.29, 1.82) is 0 Å². The van der Waals surface area contributed by atoms with E-state index in [1.165, 1.54) is 0 Å². The third-order valence-electron chi connectivity index (χ3n) is 2.33. The van der Waals surface area contributed by atoms with Crippen molar-refractivity contribution in [3.63, 3.8) is 0 Å². The first kappa shape index (κ1) is 11.5. The summed E-state index contributed by atoms with van der Waals surface area (Å²) in [6.45, 7) is 0. The molecular weight excluding hydrogens is 211 g/mol. The average Bonchev–Trinajstić information content (AvgIpc) is 2.38. The second-order valence-electron chi connectivity index (χ2n) is 3.61. The van der Waals surface area contributed by atoms with Gasteiger partial charge in [-0.2, -0.15) is 0 Å². The molecule has 2 rings (SSSR count). The molecule has 82 valence electrons. The van der Waals surface area contributed by atoms with Crippen molar-refractivity contribution in [3.05, 3.63) is 65.7 Å². The highest BCUT2D eigenvalue weighted by molar-refractivity contribution is 6.58. The van der Waals surface area contributed by atoms with Crippen molar-refractivity contribution in [2.45, 2.75) is 0 Å². The molecule has 2 N–H and O–H groups in total. The second-order valence-corrected chi connectivity index (χ2v) is 3.61. The maximum Gasteiger partial charge on any atom is 0.488 e. The lowest BCUT2D eigenvalue weighted by Gasteiger charge is -1.97. The van der Waals surface area contributed by atoms with Crippen LogP contribution in [0.1, 0.15) is 11.1 Å². The van der Waals surface area contributed by atoms with Crippen LogP contribution < -0.4 is 5.46 Å². The van der Waals surface area contributed by atoms with Gasteiger partial charge in [-0.15, -0.1) is 0 Å². The molecular formula is C14H11BO2. The molecule has 0 fully saturated rings. The summed E-state index contributed by atoms with van der Waals surface area (Å²) < 4.78 is 0. The lowest BCUT2D eigenvalue weighted by molar-refractivity contribution is 0.426. The Labute approximate surface area is 101 Å². The summed E-state index contributed by atoms with van der Waals surface area (Å²) in [4.78, 5) is 0. The SMILES string of the molecule is OB(O)c1ccc(C#Cc2ccccc2)cc1. The van der Waals surface area contributed by atoms with Crippen LogP contribution in [0.4, 0.5) is 0 Å². The molecule has 0 aliphatic rings. The lowest BCUT2D eigenvalue weighted by atomic mass is 9.80. The van der Waals surface area contributed by atoms with E-state index in [9.17, 15) is 0 Å². The van der Waals surface area contributed by atoms with Gasteiger partial charge in [0.25, 0.3) is 0 Å². The van der Waals surface area contributed by atoms with Crippen LogP contribution in [0.5, 0.6) is 0 Å². The third kappa shape index (κ3) is 3.22. The topological polar surface area (TPSA) is 40.5 Å². The summed E-state index contributed by atoms with van der Waals surface area (Å²) in [6.07, 6.45) is 0. The maximum absolute atomic E-state index is 8.94. The number of hydrogen-bond acceptors (Lipinski definition) is 2. The number of hydrogen-bond donors (Lipinski definition) is 2. The second kappa shape index (κ2) is 5.35. The van der Waals surface area contributed by atoms with Gasteiger partial charge in [-0.25, -0.2) is 0 Å². The Balaban J connectivity index is 2.17. The van der Waals surface area contributed by atoms with E-state index < -0.39 is 7.12 Å². The van der Waals surface area contributed by atoms with Crippen LogP contribution in [0, 0.1) is 11.8 Å².